The van der Waals surface area contributed by atoms with Crippen molar-refractivity contribution in [3.05, 3.63) is 80.1 Å². The van der Waals surface area contributed by atoms with Crippen molar-refractivity contribution in [3.8, 4) is 0 Å². The molecule has 3 aromatic rings. The van der Waals surface area contributed by atoms with E-state index in [2.05, 4.69) is 5.10 Å². The quantitative estimate of drug-likeness (QED) is 0.634. The summed E-state index contributed by atoms with van der Waals surface area (Å²) >= 11 is 12.3. The van der Waals surface area contributed by atoms with Gasteiger partial charge in [-0.15, -0.1) is 0 Å². The smallest absolute Gasteiger partial charge is 0.279 e. The number of aliphatic hydroxyl groups excluding tert-OH is 1. The minimum Gasteiger partial charge on any atom is -0.392 e. The zero-order valence-corrected chi connectivity index (χ0v) is 17.4. The molecule has 2 aromatic carbocycles. The lowest BCUT2D eigenvalue weighted by molar-refractivity contribution is 0.0974. The Balaban J connectivity index is 1.70. The lowest BCUT2D eigenvalue weighted by Gasteiger charge is -2.27. The van der Waals surface area contributed by atoms with Gasteiger partial charge in [-0.1, -0.05) is 41.4 Å². The molecule has 0 saturated heterocycles. The van der Waals surface area contributed by atoms with Gasteiger partial charge in [-0.05, 0) is 36.6 Å². The molecule has 1 aromatic heterocycles. The SMILES string of the molecule is Cc1cccc(Cn2nc3c(c2Cl)CCN(c2cc(CO)cc(Cl)c2F)C3=O)c1F. The van der Waals surface area contributed by atoms with Gasteiger partial charge in [0.2, 0.25) is 0 Å². The van der Waals surface area contributed by atoms with E-state index in [1.54, 1.807) is 25.1 Å². The van der Waals surface area contributed by atoms with E-state index in [1.165, 1.54) is 21.7 Å². The predicted octanol–water partition coefficient (Wildman–Crippen LogP) is 4.52. The summed E-state index contributed by atoms with van der Waals surface area (Å²) in [7, 11) is 0. The van der Waals surface area contributed by atoms with Gasteiger partial charge in [-0.3, -0.25) is 4.79 Å². The molecule has 0 fully saturated rings. The van der Waals surface area contributed by atoms with Crippen molar-refractivity contribution in [2.24, 2.45) is 0 Å². The van der Waals surface area contributed by atoms with Gasteiger partial charge in [0, 0.05) is 17.7 Å². The Hall–Kier alpha value is -2.48. The van der Waals surface area contributed by atoms with Crippen LogP contribution < -0.4 is 4.90 Å². The van der Waals surface area contributed by atoms with Crippen molar-refractivity contribution in [1.82, 2.24) is 9.78 Å². The molecule has 2 heterocycles. The number of amides is 1. The highest BCUT2D eigenvalue weighted by molar-refractivity contribution is 6.32. The molecule has 1 amide bonds. The normalized spacial score (nSPS) is 13.7. The van der Waals surface area contributed by atoms with E-state index in [0.717, 1.165) is 0 Å². The molecule has 5 nitrogen and oxygen atoms in total. The predicted molar refractivity (Wildman–Crippen MR) is 110 cm³/mol. The van der Waals surface area contributed by atoms with Crippen LogP contribution in [0.2, 0.25) is 10.2 Å². The first kappa shape index (κ1) is 20.8. The van der Waals surface area contributed by atoms with Crippen molar-refractivity contribution in [2.45, 2.75) is 26.5 Å². The molecule has 0 unspecified atom stereocenters. The summed E-state index contributed by atoms with van der Waals surface area (Å²) in [5.41, 5.74) is 1.87. The third-order valence-electron chi connectivity index (χ3n) is 5.15. The number of halogens is 4. The minimum absolute atomic E-state index is 0.0300. The number of anilines is 1. The van der Waals surface area contributed by atoms with Crippen LogP contribution in [0.4, 0.5) is 14.5 Å². The molecule has 0 bridgehead atoms. The van der Waals surface area contributed by atoms with Crippen LogP contribution in [0, 0.1) is 18.6 Å². The molecular weight excluding hydrogens is 435 g/mol. The lowest BCUT2D eigenvalue weighted by atomic mass is 10.1. The second-order valence-electron chi connectivity index (χ2n) is 7.10. The first-order valence-corrected chi connectivity index (χ1v) is 9.97. The minimum atomic E-state index is -0.752. The maximum Gasteiger partial charge on any atom is 0.279 e. The summed E-state index contributed by atoms with van der Waals surface area (Å²) in [6, 6.07) is 7.72. The average Bonchev–Trinajstić information content (AvgIpc) is 3.04. The number of hydrogen-bond acceptors (Lipinski definition) is 3. The van der Waals surface area contributed by atoms with Crippen LogP contribution in [0.5, 0.6) is 0 Å². The van der Waals surface area contributed by atoms with E-state index in [4.69, 9.17) is 23.2 Å². The number of fused-ring (bicyclic) bond motifs is 1. The number of aromatic nitrogens is 2. The molecular formula is C21H17Cl2F2N3O2. The molecule has 0 atom stereocenters. The number of aryl methyl sites for hydroxylation is 1. The summed E-state index contributed by atoms with van der Waals surface area (Å²) in [4.78, 5) is 14.3. The van der Waals surface area contributed by atoms with Crippen LogP contribution in [-0.2, 0) is 19.6 Å². The molecule has 0 saturated carbocycles. The van der Waals surface area contributed by atoms with Gasteiger partial charge >= 0.3 is 0 Å². The maximum atomic E-state index is 14.6. The van der Waals surface area contributed by atoms with E-state index in [-0.39, 0.29) is 47.1 Å². The summed E-state index contributed by atoms with van der Waals surface area (Å²) < 4.78 is 30.4. The molecule has 9 heteroatoms. The van der Waals surface area contributed by atoms with Gasteiger partial charge in [-0.2, -0.15) is 5.10 Å². The van der Waals surface area contributed by atoms with Crippen molar-refractivity contribution in [3.63, 3.8) is 0 Å². The fourth-order valence-electron chi connectivity index (χ4n) is 3.57. The van der Waals surface area contributed by atoms with E-state index >= 15 is 0 Å². The second-order valence-corrected chi connectivity index (χ2v) is 7.86. The molecule has 30 heavy (non-hydrogen) atoms. The largest absolute Gasteiger partial charge is 0.392 e. The molecule has 0 aliphatic carbocycles. The van der Waals surface area contributed by atoms with Crippen molar-refractivity contribution in [2.75, 3.05) is 11.4 Å². The van der Waals surface area contributed by atoms with E-state index in [9.17, 15) is 18.7 Å². The number of benzene rings is 2. The van der Waals surface area contributed by atoms with Crippen LogP contribution in [0.15, 0.2) is 30.3 Å². The highest BCUT2D eigenvalue weighted by atomic mass is 35.5. The fraction of sp³-hybridized carbons (Fsp3) is 0.238. The van der Waals surface area contributed by atoms with Crippen LogP contribution in [0.1, 0.15) is 32.7 Å². The molecule has 4 rings (SSSR count). The molecule has 156 valence electrons. The van der Waals surface area contributed by atoms with Gasteiger partial charge in [0.15, 0.2) is 11.5 Å². The van der Waals surface area contributed by atoms with Crippen LogP contribution in [-0.4, -0.2) is 27.3 Å². The Morgan fingerprint density at radius 3 is 2.70 bits per heavy atom. The fourth-order valence-corrected chi connectivity index (χ4v) is 4.09. The molecule has 0 spiro atoms. The van der Waals surface area contributed by atoms with Crippen molar-refractivity contribution >= 4 is 34.8 Å². The number of rotatable bonds is 4. The lowest BCUT2D eigenvalue weighted by Crippen LogP contribution is -2.38. The summed E-state index contributed by atoms with van der Waals surface area (Å²) in [5, 5.41) is 13.7. The van der Waals surface area contributed by atoms with Gasteiger partial charge < -0.3 is 10.0 Å². The number of carbonyl (C=O) groups excluding carboxylic acids is 1. The van der Waals surface area contributed by atoms with E-state index in [1.807, 2.05) is 0 Å². The zero-order chi connectivity index (χ0) is 21.6. The average molecular weight is 452 g/mol. The van der Waals surface area contributed by atoms with Crippen LogP contribution >= 0.6 is 23.2 Å². The summed E-state index contributed by atoms with van der Waals surface area (Å²) in [6.07, 6.45) is 0.344. The van der Waals surface area contributed by atoms with Crippen LogP contribution in [0.3, 0.4) is 0 Å². The van der Waals surface area contributed by atoms with Crippen molar-refractivity contribution in [1.29, 1.82) is 0 Å². The number of carbonyl (C=O) groups is 1. The first-order chi connectivity index (χ1) is 14.3. The van der Waals surface area contributed by atoms with Gasteiger partial charge in [0.25, 0.3) is 5.91 Å². The van der Waals surface area contributed by atoms with Gasteiger partial charge in [-0.25, -0.2) is 13.5 Å². The highest BCUT2D eigenvalue weighted by Gasteiger charge is 2.33. The topological polar surface area (TPSA) is 58.4 Å². The van der Waals surface area contributed by atoms with E-state index in [0.29, 0.717) is 28.7 Å². The number of aliphatic hydroxyl groups is 1. The Morgan fingerprint density at radius 1 is 1.20 bits per heavy atom. The monoisotopic (exact) mass is 451 g/mol. The van der Waals surface area contributed by atoms with Crippen molar-refractivity contribution < 1.29 is 18.7 Å². The second kappa shape index (κ2) is 7.98. The van der Waals surface area contributed by atoms with Gasteiger partial charge in [0.1, 0.15) is 11.0 Å². The van der Waals surface area contributed by atoms with Crippen LogP contribution in [0.25, 0.3) is 0 Å². The third kappa shape index (κ3) is 3.47. The molecule has 1 aliphatic heterocycles. The number of hydrogen-bond donors (Lipinski definition) is 1. The molecule has 1 aliphatic rings. The third-order valence-corrected chi connectivity index (χ3v) is 5.85. The molecule has 1 N–H and O–H groups in total. The maximum absolute atomic E-state index is 14.6. The molecule has 0 radical (unpaired) electrons. The highest BCUT2D eigenvalue weighted by Crippen LogP contribution is 2.33. The Morgan fingerprint density at radius 2 is 1.97 bits per heavy atom. The Bertz CT molecular complexity index is 1160. The summed E-state index contributed by atoms with van der Waals surface area (Å²) in [6.45, 7) is 1.55. The number of nitrogens with zero attached hydrogens (tertiary/aromatic N) is 3. The first-order valence-electron chi connectivity index (χ1n) is 9.21. The standard InChI is InChI=1S/C21H17Cl2F2N3O2/c1-11-3-2-4-13(17(11)24)9-28-20(23)14-5-6-27(21(30)19(14)26-28)16-8-12(10-29)7-15(22)18(16)25/h2-4,7-8,29H,5-6,9-10H2,1H3. The Labute approximate surface area is 181 Å². The Kier molecular flexibility index (Phi) is 5.53. The zero-order valence-electron chi connectivity index (χ0n) is 15.9. The van der Waals surface area contributed by atoms with Gasteiger partial charge in [0.05, 0.1) is 23.9 Å². The van der Waals surface area contributed by atoms with E-state index < -0.39 is 11.7 Å². The summed E-state index contributed by atoms with van der Waals surface area (Å²) in [5.74, 6) is -1.64.